The summed E-state index contributed by atoms with van der Waals surface area (Å²) in [6.07, 6.45) is -1.97. The first kappa shape index (κ1) is 24.1. The van der Waals surface area contributed by atoms with E-state index in [1.807, 2.05) is 23.6 Å². The number of carbonyl (C=O) groups excluding carboxylic acids is 1. The number of anilines is 2. The number of alkyl halides is 3. The number of nitrogens with zero attached hydrogens (tertiary/aromatic N) is 8. The molecule has 3 aliphatic rings. The van der Waals surface area contributed by atoms with Crippen molar-refractivity contribution in [3.8, 4) is 22.5 Å². The largest absolute Gasteiger partial charge is 0.416 e. The van der Waals surface area contributed by atoms with Crippen LogP contribution in [0.4, 0.5) is 30.6 Å². The molecule has 3 N–H and O–H groups in total. The zero-order valence-electron chi connectivity index (χ0n) is 20.2. The van der Waals surface area contributed by atoms with Gasteiger partial charge in [-0.15, -0.1) is 5.10 Å². The molecule has 12 nitrogen and oxygen atoms in total. The second-order valence-electron chi connectivity index (χ2n) is 8.67. The predicted octanol–water partition coefficient (Wildman–Crippen LogP) is 3.20. The van der Waals surface area contributed by atoms with Crippen molar-refractivity contribution >= 4 is 23.4 Å². The van der Waals surface area contributed by atoms with Crippen molar-refractivity contribution in [2.75, 3.05) is 17.2 Å². The van der Waals surface area contributed by atoms with Crippen LogP contribution in [0.15, 0.2) is 53.8 Å². The molecule has 196 valence electrons. The molecule has 2 aromatic heterocycles. The van der Waals surface area contributed by atoms with Crippen molar-refractivity contribution in [3.05, 3.63) is 71.2 Å². The van der Waals surface area contributed by atoms with Crippen LogP contribution >= 0.6 is 0 Å². The highest BCUT2D eigenvalue weighted by Crippen LogP contribution is 2.39. The number of benzene rings is 1. The summed E-state index contributed by atoms with van der Waals surface area (Å²) in [5.74, 6) is 0.838. The van der Waals surface area contributed by atoms with Crippen LogP contribution in [0.1, 0.15) is 21.6 Å². The molecule has 3 aliphatic heterocycles. The summed E-state index contributed by atoms with van der Waals surface area (Å²) in [6, 6.07) is 8.74. The highest BCUT2D eigenvalue weighted by molar-refractivity contribution is 6.03. The molecule has 15 heteroatoms. The van der Waals surface area contributed by atoms with Gasteiger partial charge in [0, 0.05) is 42.3 Å². The number of carbonyl (C=O) groups is 1. The molecule has 0 spiro atoms. The molecule has 1 amide bonds. The molecule has 39 heavy (non-hydrogen) atoms. The average Bonchev–Trinajstić information content (AvgIpc) is 3.62. The Morgan fingerprint density at radius 1 is 1.13 bits per heavy atom. The maximum atomic E-state index is 13.1. The van der Waals surface area contributed by atoms with E-state index < -0.39 is 17.6 Å². The van der Waals surface area contributed by atoms with Crippen LogP contribution < -0.4 is 16.3 Å². The van der Waals surface area contributed by atoms with Gasteiger partial charge in [-0.2, -0.15) is 28.4 Å². The predicted molar refractivity (Wildman–Crippen MR) is 132 cm³/mol. The third-order valence-corrected chi connectivity index (χ3v) is 6.13. The number of tetrazole rings is 1. The molecule has 0 atom stereocenters. The third-order valence-electron chi connectivity index (χ3n) is 6.13. The number of aromatic amines is 1. The first-order chi connectivity index (χ1) is 18.8. The fourth-order valence-electron chi connectivity index (χ4n) is 4.33. The summed E-state index contributed by atoms with van der Waals surface area (Å²) in [5.41, 5.74) is 2.64. The highest BCUT2D eigenvalue weighted by Gasteiger charge is 2.31. The lowest BCUT2D eigenvalue weighted by Crippen LogP contribution is -2.17. The molecule has 0 bridgehead atoms. The number of aromatic nitrogens is 8. The zero-order valence-corrected chi connectivity index (χ0v) is 20.2. The summed E-state index contributed by atoms with van der Waals surface area (Å²) in [7, 11) is 0. The van der Waals surface area contributed by atoms with Gasteiger partial charge in [-0.3, -0.25) is 9.78 Å². The second-order valence-corrected chi connectivity index (χ2v) is 8.67. The Kier molecular flexibility index (Phi) is 5.74. The molecular weight excluding hydrogens is 515 g/mol. The molecule has 0 saturated carbocycles. The van der Waals surface area contributed by atoms with Gasteiger partial charge >= 0.3 is 6.18 Å². The maximum absolute atomic E-state index is 13.1. The number of hydrogen-bond acceptors (Lipinski definition) is 9. The Morgan fingerprint density at radius 3 is 2.79 bits per heavy atom. The zero-order chi connectivity index (χ0) is 27.1. The van der Waals surface area contributed by atoms with Crippen molar-refractivity contribution in [2.45, 2.75) is 19.6 Å². The lowest BCUT2D eigenvalue weighted by molar-refractivity contribution is -0.137. The Labute approximate surface area is 217 Å². The molecule has 1 aromatic carbocycles. The van der Waals surface area contributed by atoms with E-state index in [0.29, 0.717) is 24.6 Å². The smallest absolute Gasteiger partial charge is 0.369 e. The lowest BCUT2D eigenvalue weighted by atomic mass is 9.98. The SMILES string of the molecule is Cc1ccc(NC(=O)c2cc(C(F)(F)F)ccn2)cc1-c1cc2cn/c(=N/c3nn[nH]n3)nc-2n2c1NCC2. The number of pyridine rings is 2. The third kappa shape index (κ3) is 4.65. The van der Waals surface area contributed by atoms with Crippen molar-refractivity contribution in [1.82, 2.24) is 40.1 Å². The van der Waals surface area contributed by atoms with Gasteiger partial charge in [-0.25, -0.2) is 4.98 Å². The summed E-state index contributed by atoms with van der Waals surface area (Å²) in [5, 5.41) is 19.4. The van der Waals surface area contributed by atoms with Gasteiger partial charge in [0.1, 0.15) is 17.3 Å². The summed E-state index contributed by atoms with van der Waals surface area (Å²) in [6.45, 7) is 3.24. The Balaban J connectivity index is 1.38. The minimum Gasteiger partial charge on any atom is -0.369 e. The first-order valence-corrected chi connectivity index (χ1v) is 11.6. The fourth-order valence-corrected chi connectivity index (χ4v) is 4.33. The van der Waals surface area contributed by atoms with Crippen LogP contribution in [0.25, 0.3) is 22.5 Å². The average molecular weight is 533 g/mol. The van der Waals surface area contributed by atoms with Gasteiger partial charge in [0.25, 0.3) is 17.5 Å². The van der Waals surface area contributed by atoms with Crippen LogP contribution in [0.5, 0.6) is 0 Å². The van der Waals surface area contributed by atoms with Crippen molar-refractivity contribution in [2.24, 2.45) is 4.99 Å². The van der Waals surface area contributed by atoms with Gasteiger partial charge in [0.05, 0.1) is 5.56 Å². The van der Waals surface area contributed by atoms with Gasteiger partial charge in [-0.1, -0.05) is 11.2 Å². The highest BCUT2D eigenvalue weighted by atomic mass is 19.4. The van der Waals surface area contributed by atoms with Gasteiger partial charge in [-0.05, 0) is 53.6 Å². The van der Waals surface area contributed by atoms with Gasteiger partial charge in [0.2, 0.25) is 0 Å². The van der Waals surface area contributed by atoms with Crippen LogP contribution in [-0.4, -0.2) is 52.6 Å². The lowest BCUT2D eigenvalue weighted by Gasteiger charge is -2.19. The maximum Gasteiger partial charge on any atom is 0.416 e. The van der Waals surface area contributed by atoms with Crippen molar-refractivity contribution in [1.29, 1.82) is 0 Å². The molecule has 0 radical (unpaired) electrons. The van der Waals surface area contributed by atoms with Crippen molar-refractivity contribution < 1.29 is 18.0 Å². The molecule has 0 aliphatic carbocycles. The molecule has 0 saturated heterocycles. The topological polar surface area (TPSA) is 152 Å². The molecule has 5 heterocycles. The van der Waals surface area contributed by atoms with E-state index in [1.54, 1.807) is 18.3 Å². The van der Waals surface area contributed by atoms with Crippen LogP contribution in [-0.2, 0) is 12.7 Å². The van der Waals surface area contributed by atoms with E-state index in [9.17, 15) is 18.0 Å². The second kappa shape index (κ2) is 9.27. The standard InChI is InChI=1S/C24H18F3N11O/c1-12-2-3-15(31-21(39)18-9-14(4-5-28-18)24(25,26)27)10-16(12)17-8-13-11-30-22(33-23-34-36-37-35-23)32-19(13)38-7-6-29-20(17)38/h2-5,8-11,29H,6-7H2,1H3,(H,31,39)(H,34,35,36,37)/b33-22-. The monoisotopic (exact) mass is 533 g/mol. The molecule has 0 unspecified atom stereocenters. The number of rotatable bonds is 4. The molecule has 6 rings (SSSR count). The number of nitrogens with one attached hydrogen (secondary N) is 3. The number of H-pyrrole nitrogens is 1. The number of amides is 1. The molecule has 3 aromatic rings. The van der Waals surface area contributed by atoms with Crippen LogP contribution in [0.2, 0.25) is 0 Å². The fraction of sp³-hybridized carbons (Fsp3) is 0.167. The van der Waals surface area contributed by atoms with Gasteiger partial charge < -0.3 is 15.2 Å². The van der Waals surface area contributed by atoms with E-state index in [4.69, 9.17) is 0 Å². The minimum atomic E-state index is -4.58. The Morgan fingerprint density at radius 2 is 2.00 bits per heavy atom. The quantitative estimate of drug-likeness (QED) is 0.319. The minimum absolute atomic E-state index is 0.112. The van der Waals surface area contributed by atoms with Crippen molar-refractivity contribution in [3.63, 3.8) is 0 Å². The summed E-state index contributed by atoms with van der Waals surface area (Å²) in [4.78, 5) is 29.6. The number of halogens is 3. The Hall–Kier alpha value is -5.21. The molecule has 0 fully saturated rings. The van der Waals surface area contributed by atoms with E-state index in [1.165, 1.54) is 0 Å². The van der Waals surface area contributed by atoms with Crippen LogP contribution in [0.3, 0.4) is 0 Å². The number of fused-ring (bicyclic) bond motifs is 3. The number of hydrogen-bond donors (Lipinski definition) is 3. The number of aryl methyl sites for hydroxylation is 1. The van der Waals surface area contributed by atoms with E-state index in [2.05, 4.69) is 51.2 Å². The van der Waals surface area contributed by atoms with Crippen LogP contribution in [0, 0.1) is 6.92 Å². The normalized spacial score (nSPS) is 13.4. The van der Waals surface area contributed by atoms with E-state index in [0.717, 1.165) is 46.4 Å². The summed E-state index contributed by atoms with van der Waals surface area (Å²) >= 11 is 0. The summed E-state index contributed by atoms with van der Waals surface area (Å²) < 4.78 is 41.3. The molecular formula is C24H18F3N11O. The first-order valence-electron chi connectivity index (χ1n) is 11.6. The van der Waals surface area contributed by atoms with E-state index in [-0.39, 0.29) is 17.3 Å². The van der Waals surface area contributed by atoms with Gasteiger partial charge in [0.15, 0.2) is 0 Å². The Bertz CT molecular complexity index is 1750. The van der Waals surface area contributed by atoms with E-state index >= 15 is 0 Å².